The van der Waals surface area contributed by atoms with Gasteiger partial charge < -0.3 is 0 Å². The zero-order valence-electron chi connectivity index (χ0n) is 9.29. The van der Waals surface area contributed by atoms with Crippen LogP contribution < -0.4 is 0 Å². The molecule has 0 aromatic heterocycles. The van der Waals surface area contributed by atoms with Gasteiger partial charge in [-0.2, -0.15) is 0 Å². The summed E-state index contributed by atoms with van der Waals surface area (Å²) in [5.74, 6) is -1.36. The number of hydrogen-bond acceptors (Lipinski definition) is 1. The maximum atomic E-state index is 13.5. The van der Waals surface area contributed by atoms with Crippen LogP contribution in [0, 0.1) is 11.6 Å². The number of hydrogen-bond donors (Lipinski definition) is 0. The molecule has 0 atom stereocenters. The third-order valence-corrected chi connectivity index (χ3v) is 2.75. The van der Waals surface area contributed by atoms with Crippen molar-refractivity contribution in [1.82, 2.24) is 0 Å². The fraction of sp³-hybridized carbons (Fsp3) is 0.0714. The average Bonchev–Trinajstić information content (AvgIpc) is 2.32. The predicted octanol–water partition coefficient (Wildman–Crippen LogP) is 4.04. The van der Waals surface area contributed by atoms with Gasteiger partial charge >= 0.3 is 0 Å². The molecule has 2 aromatic carbocycles. The quantitative estimate of drug-likeness (QED) is 0.766. The maximum absolute atomic E-state index is 13.5. The Kier molecular flexibility index (Phi) is 3.72. The summed E-state index contributed by atoms with van der Waals surface area (Å²) >= 11 is 5.62. The topological polar surface area (TPSA) is 17.1 Å². The molecule has 2 rings (SSSR count). The third-order valence-electron chi connectivity index (χ3n) is 2.51. The van der Waals surface area contributed by atoms with Gasteiger partial charge in [0.2, 0.25) is 0 Å². The van der Waals surface area contributed by atoms with Gasteiger partial charge in [0.25, 0.3) is 0 Å². The number of ketones is 1. The molecule has 1 nitrogen and oxygen atoms in total. The molecule has 18 heavy (non-hydrogen) atoms. The molecule has 92 valence electrons. The van der Waals surface area contributed by atoms with Crippen molar-refractivity contribution in [3.05, 3.63) is 70.2 Å². The van der Waals surface area contributed by atoms with E-state index >= 15 is 0 Å². The van der Waals surface area contributed by atoms with Crippen molar-refractivity contribution in [2.24, 2.45) is 0 Å². The minimum atomic E-state index is -0.535. The second-order valence-corrected chi connectivity index (χ2v) is 4.28. The molecule has 0 fully saturated rings. The largest absolute Gasteiger partial charge is 0.294 e. The SMILES string of the molecule is O=C(Cc1ccc(Cl)cc1F)c1cccc(F)c1. The maximum Gasteiger partial charge on any atom is 0.167 e. The lowest BCUT2D eigenvalue weighted by molar-refractivity contribution is 0.0991. The van der Waals surface area contributed by atoms with Crippen molar-refractivity contribution in [2.45, 2.75) is 6.42 Å². The van der Waals surface area contributed by atoms with Crippen LogP contribution in [0.1, 0.15) is 15.9 Å². The number of carbonyl (C=O) groups excluding carboxylic acids is 1. The van der Waals surface area contributed by atoms with Gasteiger partial charge in [-0.1, -0.05) is 29.8 Å². The first kappa shape index (κ1) is 12.7. The van der Waals surface area contributed by atoms with Crippen LogP contribution in [0.2, 0.25) is 5.02 Å². The first-order valence-corrected chi connectivity index (χ1v) is 5.67. The Morgan fingerprint density at radius 2 is 1.89 bits per heavy atom. The molecule has 0 bridgehead atoms. The van der Waals surface area contributed by atoms with E-state index in [0.717, 1.165) is 12.1 Å². The molecule has 0 aliphatic rings. The van der Waals surface area contributed by atoms with Gasteiger partial charge in [0.05, 0.1) is 0 Å². The van der Waals surface area contributed by atoms with Crippen molar-refractivity contribution in [3.8, 4) is 0 Å². The van der Waals surface area contributed by atoms with Crippen molar-refractivity contribution in [1.29, 1.82) is 0 Å². The van der Waals surface area contributed by atoms with Crippen molar-refractivity contribution in [2.75, 3.05) is 0 Å². The fourth-order valence-electron chi connectivity index (χ4n) is 1.60. The van der Waals surface area contributed by atoms with E-state index in [1.165, 1.54) is 30.3 Å². The first-order valence-electron chi connectivity index (χ1n) is 5.29. The molecule has 0 aliphatic heterocycles. The molecule has 0 aliphatic carbocycles. The van der Waals surface area contributed by atoms with Crippen LogP contribution in [0.3, 0.4) is 0 Å². The number of rotatable bonds is 3. The van der Waals surface area contributed by atoms with Crippen molar-refractivity contribution in [3.63, 3.8) is 0 Å². The lowest BCUT2D eigenvalue weighted by Crippen LogP contribution is -2.05. The van der Waals surface area contributed by atoms with Crippen LogP contribution in [0.5, 0.6) is 0 Å². The molecule has 0 radical (unpaired) electrons. The zero-order valence-corrected chi connectivity index (χ0v) is 10.0. The Bertz CT molecular complexity index is 596. The lowest BCUT2D eigenvalue weighted by atomic mass is 10.0. The van der Waals surface area contributed by atoms with Crippen LogP contribution >= 0.6 is 11.6 Å². The normalized spacial score (nSPS) is 10.4. The van der Waals surface area contributed by atoms with Gasteiger partial charge in [0.1, 0.15) is 11.6 Å². The molecule has 0 saturated carbocycles. The summed E-state index contributed by atoms with van der Waals surface area (Å²) in [6.07, 6.45) is -0.119. The first-order chi connectivity index (χ1) is 8.56. The molecule has 0 unspecified atom stereocenters. The highest BCUT2D eigenvalue weighted by atomic mass is 35.5. The van der Waals surface area contributed by atoms with Crippen molar-refractivity contribution >= 4 is 17.4 Å². The van der Waals surface area contributed by atoms with Crippen LogP contribution in [0.15, 0.2) is 42.5 Å². The zero-order chi connectivity index (χ0) is 13.1. The van der Waals surface area contributed by atoms with Gasteiger partial charge in [-0.15, -0.1) is 0 Å². The Morgan fingerprint density at radius 3 is 2.56 bits per heavy atom. The van der Waals surface area contributed by atoms with E-state index < -0.39 is 11.6 Å². The van der Waals surface area contributed by atoms with Gasteiger partial charge in [0, 0.05) is 17.0 Å². The summed E-state index contributed by atoms with van der Waals surface area (Å²) in [6.45, 7) is 0. The van der Waals surface area contributed by atoms with Crippen molar-refractivity contribution < 1.29 is 13.6 Å². The number of benzene rings is 2. The smallest absolute Gasteiger partial charge is 0.167 e. The van der Waals surface area contributed by atoms with Crippen LogP contribution in [-0.4, -0.2) is 5.78 Å². The van der Waals surface area contributed by atoms with E-state index in [9.17, 15) is 13.6 Å². The summed E-state index contributed by atoms with van der Waals surface area (Å²) in [6, 6.07) is 9.44. The molecule has 2 aromatic rings. The van der Waals surface area contributed by atoms with E-state index in [1.807, 2.05) is 0 Å². The molecular weight excluding hydrogens is 258 g/mol. The highest BCUT2D eigenvalue weighted by Crippen LogP contribution is 2.17. The standard InChI is InChI=1S/C14H9ClF2O/c15-11-5-4-9(13(17)8-11)7-14(18)10-2-1-3-12(16)6-10/h1-6,8H,7H2. The molecule has 4 heteroatoms. The Hall–Kier alpha value is -1.74. The van der Waals surface area contributed by atoms with E-state index in [2.05, 4.69) is 0 Å². The monoisotopic (exact) mass is 266 g/mol. The lowest BCUT2D eigenvalue weighted by Gasteiger charge is -2.03. The van der Waals surface area contributed by atoms with Gasteiger partial charge in [0.15, 0.2) is 5.78 Å². The Balaban J connectivity index is 2.21. The third kappa shape index (κ3) is 2.93. The molecule has 0 amide bonds. The summed E-state index contributed by atoms with van der Waals surface area (Å²) in [4.78, 5) is 11.8. The molecule has 0 saturated heterocycles. The highest BCUT2D eigenvalue weighted by Gasteiger charge is 2.11. The molecule has 0 N–H and O–H groups in total. The minimum Gasteiger partial charge on any atom is -0.294 e. The van der Waals surface area contributed by atoms with E-state index in [0.29, 0.717) is 0 Å². The summed E-state index contributed by atoms with van der Waals surface area (Å²) in [5, 5.41) is 0.273. The molecule has 0 spiro atoms. The number of Topliss-reactive ketones (excluding diaryl/α,β-unsaturated/α-hetero) is 1. The van der Waals surface area contributed by atoms with Gasteiger partial charge in [-0.05, 0) is 29.8 Å². The second kappa shape index (κ2) is 5.27. The minimum absolute atomic E-state index is 0.119. The van der Waals surface area contributed by atoms with E-state index in [4.69, 9.17) is 11.6 Å². The molecule has 0 heterocycles. The second-order valence-electron chi connectivity index (χ2n) is 3.85. The van der Waals surface area contributed by atoms with Crippen LogP contribution in [0.4, 0.5) is 8.78 Å². The van der Waals surface area contributed by atoms with Gasteiger partial charge in [-0.25, -0.2) is 8.78 Å². The summed E-state index contributed by atoms with van der Waals surface area (Å²) in [7, 11) is 0. The number of halogens is 3. The van der Waals surface area contributed by atoms with Crippen LogP contribution in [-0.2, 0) is 6.42 Å². The molecular formula is C14H9ClF2O. The Morgan fingerprint density at radius 1 is 1.11 bits per heavy atom. The van der Waals surface area contributed by atoms with Gasteiger partial charge in [-0.3, -0.25) is 4.79 Å². The summed E-state index contributed by atoms with van der Waals surface area (Å²) < 4.78 is 26.4. The van der Waals surface area contributed by atoms with E-state index in [1.54, 1.807) is 0 Å². The van der Waals surface area contributed by atoms with E-state index in [-0.39, 0.29) is 28.4 Å². The number of carbonyl (C=O) groups is 1. The fourth-order valence-corrected chi connectivity index (χ4v) is 1.76. The Labute approximate surface area is 108 Å². The van der Waals surface area contributed by atoms with Crippen LogP contribution in [0.25, 0.3) is 0 Å². The average molecular weight is 267 g/mol. The highest BCUT2D eigenvalue weighted by molar-refractivity contribution is 6.30. The predicted molar refractivity (Wildman–Crippen MR) is 65.8 cm³/mol. The summed E-state index contributed by atoms with van der Waals surface area (Å²) in [5.41, 5.74) is 0.470.